The van der Waals surface area contributed by atoms with E-state index in [9.17, 15) is 0 Å². The topological polar surface area (TPSA) is 37.8 Å². The Balaban J connectivity index is 2.30. The fraction of sp³-hybridized carbons (Fsp3) is 0.143. The van der Waals surface area contributed by atoms with Crippen LogP contribution in [0.5, 0.6) is 0 Å². The van der Waals surface area contributed by atoms with Gasteiger partial charge in [-0.2, -0.15) is 0 Å². The monoisotopic (exact) mass is 323 g/mol. The summed E-state index contributed by atoms with van der Waals surface area (Å²) in [7, 11) is 1.78. The molecule has 0 fully saturated rings. The number of anilines is 1. The van der Waals surface area contributed by atoms with Crippen LogP contribution in [0.2, 0.25) is 10.2 Å². The SMILES string of the molecule is CNc1nc(Cl)c2c(-c3ccc(Cl)cc3)c(C)sc2n1. The second-order valence-corrected chi connectivity index (χ2v) is 6.31. The van der Waals surface area contributed by atoms with Gasteiger partial charge in [0.2, 0.25) is 5.95 Å². The molecule has 102 valence electrons. The summed E-state index contributed by atoms with van der Waals surface area (Å²) in [5.41, 5.74) is 2.15. The molecule has 1 N–H and O–H groups in total. The molecular weight excluding hydrogens is 313 g/mol. The molecule has 0 amide bonds. The van der Waals surface area contributed by atoms with Crippen molar-refractivity contribution in [3.63, 3.8) is 0 Å². The summed E-state index contributed by atoms with van der Waals surface area (Å²) in [5.74, 6) is 0.534. The van der Waals surface area contributed by atoms with E-state index in [2.05, 4.69) is 22.2 Å². The Kier molecular flexibility index (Phi) is 3.54. The predicted octanol–water partition coefficient (Wildman–Crippen LogP) is 5.02. The lowest BCUT2D eigenvalue weighted by atomic mass is 10.0. The molecule has 6 heteroatoms. The highest BCUT2D eigenvalue weighted by Crippen LogP contribution is 2.41. The quantitative estimate of drug-likeness (QED) is 0.673. The number of nitrogens with one attached hydrogen (secondary N) is 1. The normalized spacial score (nSPS) is 11.0. The van der Waals surface area contributed by atoms with Gasteiger partial charge in [-0.25, -0.2) is 9.97 Å². The maximum Gasteiger partial charge on any atom is 0.225 e. The zero-order valence-electron chi connectivity index (χ0n) is 10.9. The van der Waals surface area contributed by atoms with Gasteiger partial charge in [0.25, 0.3) is 0 Å². The van der Waals surface area contributed by atoms with Gasteiger partial charge in [-0.15, -0.1) is 11.3 Å². The minimum absolute atomic E-state index is 0.466. The van der Waals surface area contributed by atoms with E-state index >= 15 is 0 Å². The molecular formula is C14H11Cl2N3S. The van der Waals surface area contributed by atoms with Crippen molar-refractivity contribution in [1.82, 2.24) is 9.97 Å². The average Bonchev–Trinajstić information content (AvgIpc) is 2.76. The van der Waals surface area contributed by atoms with E-state index in [1.165, 1.54) is 0 Å². The van der Waals surface area contributed by atoms with E-state index in [1.807, 2.05) is 24.3 Å². The molecule has 0 aliphatic rings. The molecule has 3 aromatic rings. The van der Waals surface area contributed by atoms with Crippen LogP contribution in [-0.2, 0) is 0 Å². The van der Waals surface area contributed by atoms with Crippen molar-refractivity contribution < 1.29 is 0 Å². The summed E-state index contributed by atoms with van der Waals surface area (Å²) in [6.45, 7) is 2.06. The highest BCUT2D eigenvalue weighted by Gasteiger charge is 2.17. The number of benzene rings is 1. The third-order valence-electron chi connectivity index (χ3n) is 3.04. The van der Waals surface area contributed by atoms with Crippen molar-refractivity contribution in [2.45, 2.75) is 6.92 Å². The van der Waals surface area contributed by atoms with Crippen LogP contribution in [-0.4, -0.2) is 17.0 Å². The number of hydrogen-bond donors (Lipinski definition) is 1. The molecule has 0 unspecified atom stereocenters. The Hall–Kier alpha value is -1.36. The van der Waals surface area contributed by atoms with E-state index in [1.54, 1.807) is 18.4 Å². The Labute approximate surface area is 130 Å². The van der Waals surface area contributed by atoms with E-state index in [4.69, 9.17) is 23.2 Å². The first-order valence-corrected chi connectivity index (χ1v) is 7.57. The lowest BCUT2D eigenvalue weighted by Gasteiger charge is -2.04. The Morgan fingerprint density at radius 1 is 1.10 bits per heavy atom. The Bertz CT molecular complexity index is 781. The third-order valence-corrected chi connectivity index (χ3v) is 4.56. The fourth-order valence-corrected chi connectivity index (χ4v) is 3.64. The lowest BCUT2D eigenvalue weighted by Crippen LogP contribution is -1.96. The highest BCUT2D eigenvalue weighted by atomic mass is 35.5. The standard InChI is InChI=1S/C14H11Cl2N3S/c1-7-10(8-3-5-9(15)6-4-8)11-12(16)18-14(17-2)19-13(11)20-7/h3-6H,1-2H3,(H,17,18,19). The second kappa shape index (κ2) is 5.20. The number of hydrogen-bond acceptors (Lipinski definition) is 4. The summed E-state index contributed by atoms with van der Waals surface area (Å²) >= 11 is 13.9. The molecule has 1 aromatic carbocycles. The van der Waals surface area contributed by atoms with Crippen LogP contribution in [0.25, 0.3) is 21.3 Å². The largest absolute Gasteiger partial charge is 0.357 e. The third kappa shape index (κ3) is 2.24. The van der Waals surface area contributed by atoms with Gasteiger partial charge < -0.3 is 5.32 Å². The second-order valence-electron chi connectivity index (χ2n) is 4.31. The van der Waals surface area contributed by atoms with Gasteiger partial charge in [-0.3, -0.25) is 0 Å². The molecule has 0 spiro atoms. The minimum atomic E-state index is 0.466. The summed E-state index contributed by atoms with van der Waals surface area (Å²) in [5, 5.41) is 5.00. The summed E-state index contributed by atoms with van der Waals surface area (Å²) < 4.78 is 0. The zero-order chi connectivity index (χ0) is 14.3. The van der Waals surface area contributed by atoms with Crippen LogP contribution in [0.4, 0.5) is 5.95 Å². The first kappa shape index (κ1) is 13.6. The Morgan fingerprint density at radius 3 is 2.45 bits per heavy atom. The molecule has 0 radical (unpaired) electrons. The first-order chi connectivity index (χ1) is 9.60. The van der Waals surface area contributed by atoms with Gasteiger partial charge in [0, 0.05) is 22.5 Å². The van der Waals surface area contributed by atoms with Gasteiger partial charge in [-0.1, -0.05) is 35.3 Å². The maximum atomic E-state index is 6.33. The maximum absolute atomic E-state index is 6.33. The molecule has 3 nitrogen and oxygen atoms in total. The number of thiophene rings is 1. The van der Waals surface area contributed by atoms with Crippen molar-refractivity contribution in [2.75, 3.05) is 12.4 Å². The zero-order valence-corrected chi connectivity index (χ0v) is 13.2. The number of aryl methyl sites for hydroxylation is 1. The number of halogens is 2. The van der Waals surface area contributed by atoms with Crippen molar-refractivity contribution in [1.29, 1.82) is 0 Å². The van der Waals surface area contributed by atoms with Crippen molar-refractivity contribution in [3.05, 3.63) is 39.3 Å². The number of rotatable bonds is 2. The van der Waals surface area contributed by atoms with E-state index in [0.717, 1.165) is 26.2 Å². The summed E-state index contributed by atoms with van der Waals surface area (Å²) in [6.07, 6.45) is 0. The molecule has 2 aromatic heterocycles. The van der Waals surface area contributed by atoms with Gasteiger partial charge in [0.05, 0.1) is 5.39 Å². The molecule has 0 aliphatic carbocycles. The smallest absolute Gasteiger partial charge is 0.225 e. The Morgan fingerprint density at radius 2 is 1.80 bits per heavy atom. The molecule has 2 heterocycles. The predicted molar refractivity (Wildman–Crippen MR) is 87.2 cm³/mol. The highest BCUT2D eigenvalue weighted by molar-refractivity contribution is 7.19. The molecule has 0 saturated heterocycles. The molecule has 20 heavy (non-hydrogen) atoms. The summed E-state index contributed by atoms with van der Waals surface area (Å²) in [6, 6.07) is 7.71. The fourth-order valence-electron chi connectivity index (χ4n) is 2.15. The van der Waals surface area contributed by atoms with Crippen LogP contribution < -0.4 is 5.32 Å². The van der Waals surface area contributed by atoms with Crippen LogP contribution in [0.1, 0.15) is 4.88 Å². The first-order valence-electron chi connectivity index (χ1n) is 6.00. The number of aromatic nitrogens is 2. The van der Waals surface area contributed by atoms with Gasteiger partial charge in [0.15, 0.2) is 0 Å². The number of nitrogens with zero attached hydrogens (tertiary/aromatic N) is 2. The van der Waals surface area contributed by atoms with Crippen molar-refractivity contribution in [2.24, 2.45) is 0 Å². The van der Waals surface area contributed by atoms with E-state index < -0.39 is 0 Å². The molecule has 0 saturated carbocycles. The van der Waals surface area contributed by atoms with Gasteiger partial charge in [0.1, 0.15) is 9.98 Å². The van der Waals surface area contributed by atoms with Crippen LogP contribution >= 0.6 is 34.5 Å². The van der Waals surface area contributed by atoms with E-state index in [0.29, 0.717) is 16.1 Å². The van der Waals surface area contributed by atoms with Crippen molar-refractivity contribution in [3.8, 4) is 11.1 Å². The molecule has 0 bridgehead atoms. The van der Waals surface area contributed by atoms with Crippen LogP contribution in [0.15, 0.2) is 24.3 Å². The van der Waals surface area contributed by atoms with E-state index in [-0.39, 0.29) is 0 Å². The van der Waals surface area contributed by atoms with Gasteiger partial charge >= 0.3 is 0 Å². The summed E-state index contributed by atoms with van der Waals surface area (Å²) in [4.78, 5) is 10.8. The van der Waals surface area contributed by atoms with Crippen LogP contribution in [0, 0.1) is 6.92 Å². The average molecular weight is 324 g/mol. The number of fused-ring (bicyclic) bond motifs is 1. The molecule has 3 rings (SSSR count). The van der Waals surface area contributed by atoms with Crippen LogP contribution in [0.3, 0.4) is 0 Å². The molecule has 0 aliphatic heterocycles. The minimum Gasteiger partial charge on any atom is -0.357 e. The molecule has 0 atom stereocenters. The van der Waals surface area contributed by atoms with Gasteiger partial charge in [-0.05, 0) is 24.6 Å². The lowest BCUT2D eigenvalue weighted by molar-refractivity contribution is 1.20. The van der Waals surface area contributed by atoms with Crippen molar-refractivity contribution >= 4 is 50.7 Å².